The zero-order chi connectivity index (χ0) is 30.6. The van der Waals surface area contributed by atoms with E-state index in [-0.39, 0.29) is 55.9 Å². The number of hydrogen-bond acceptors (Lipinski definition) is 6. The molecule has 6 N–H and O–H groups in total. The van der Waals surface area contributed by atoms with Crippen molar-refractivity contribution >= 4 is 47.1 Å². The summed E-state index contributed by atoms with van der Waals surface area (Å²) in [5.41, 5.74) is -0.150. The zero-order valence-electron chi connectivity index (χ0n) is 21.3. The van der Waals surface area contributed by atoms with Gasteiger partial charge in [-0.15, -0.1) is 0 Å². The molecule has 0 aliphatic carbocycles. The minimum absolute atomic E-state index is 0.00152. The van der Waals surface area contributed by atoms with E-state index >= 15 is 0 Å². The molecule has 42 heavy (non-hydrogen) atoms. The number of carbonyl (C=O) groups excluding carboxylic acids is 2. The van der Waals surface area contributed by atoms with Crippen LogP contribution in [0.15, 0.2) is 84.9 Å². The number of carboxylic acid groups (broad SMARTS) is 4. The normalized spacial score (nSPS) is 10.4. The smallest absolute Gasteiger partial charge is 0.336 e. The van der Waals surface area contributed by atoms with E-state index in [9.17, 15) is 39.0 Å². The molecule has 2 amide bonds. The molecule has 0 aromatic heterocycles. The SMILES string of the molecule is O=C(O)c1ccc(NC(=O)c2ccc(-c3ccc(C(=O)O)c(C(=O)Nc4ccc(C(=O)O)cc4)c3)cc2C(=O)O)cc1. The van der Waals surface area contributed by atoms with Crippen LogP contribution in [-0.4, -0.2) is 56.1 Å². The van der Waals surface area contributed by atoms with Crippen molar-refractivity contribution in [3.05, 3.63) is 118 Å². The minimum atomic E-state index is -1.42. The largest absolute Gasteiger partial charge is 0.478 e. The fourth-order valence-electron chi connectivity index (χ4n) is 3.99. The van der Waals surface area contributed by atoms with Crippen LogP contribution in [0.5, 0.6) is 0 Å². The summed E-state index contributed by atoms with van der Waals surface area (Å²) in [6.07, 6.45) is 0. The second kappa shape index (κ2) is 11.8. The van der Waals surface area contributed by atoms with Crippen LogP contribution in [0.1, 0.15) is 62.1 Å². The van der Waals surface area contributed by atoms with Crippen LogP contribution in [0.4, 0.5) is 11.4 Å². The number of amides is 2. The monoisotopic (exact) mass is 568 g/mol. The molecule has 210 valence electrons. The Morgan fingerprint density at radius 3 is 1.19 bits per heavy atom. The summed E-state index contributed by atoms with van der Waals surface area (Å²) in [6, 6.07) is 18.2. The fourth-order valence-corrected chi connectivity index (χ4v) is 3.99. The lowest BCUT2D eigenvalue weighted by Crippen LogP contribution is -2.17. The summed E-state index contributed by atoms with van der Waals surface area (Å²) in [5.74, 6) is -6.69. The molecule has 4 rings (SSSR count). The number of carbonyl (C=O) groups is 6. The van der Waals surface area contributed by atoms with Crippen molar-refractivity contribution in [3.8, 4) is 11.1 Å². The lowest BCUT2D eigenvalue weighted by Gasteiger charge is -2.13. The van der Waals surface area contributed by atoms with Crippen molar-refractivity contribution in [2.45, 2.75) is 0 Å². The van der Waals surface area contributed by atoms with Crippen LogP contribution < -0.4 is 10.6 Å². The topological polar surface area (TPSA) is 207 Å². The van der Waals surface area contributed by atoms with E-state index in [1.54, 1.807) is 0 Å². The van der Waals surface area contributed by atoms with Gasteiger partial charge in [0.25, 0.3) is 11.8 Å². The molecular weight excluding hydrogens is 548 g/mol. The summed E-state index contributed by atoms with van der Waals surface area (Å²) >= 11 is 0. The van der Waals surface area contributed by atoms with Crippen LogP contribution in [0.3, 0.4) is 0 Å². The van der Waals surface area contributed by atoms with E-state index in [1.807, 2.05) is 0 Å². The molecule has 0 bridgehead atoms. The van der Waals surface area contributed by atoms with Crippen molar-refractivity contribution in [2.24, 2.45) is 0 Å². The lowest BCUT2D eigenvalue weighted by molar-refractivity contribution is 0.0683. The summed E-state index contributed by atoms with van der Waals surface area (Å²) in [6.45, 7) is 0. The van der Waals surface area contributed by atoms with Gasteiger partial charge in [-0.25, -0.2) is 19.2 Å². The van der Waals surface area contributed by atoms with Gasteiger partial charge in [-0.1, -0.05) is 12.1 Å². The number of anilines is 2. The minimum Gasteiger partial charge on any atom is -0.478 e. The van der Waals surface area contributed by atoms with Gasteiger partial charge in [0.05, 0.1) is 33.4 Å². The zero-order valence-corrected chi connectivity index (χ0v) is 21.3. The van der Waals surface area contributed by atoms with Crippen molar-refractivity contribution in [3.63, 3.8) is 0 Å². The summed E-state index contributed by atoms with van der Waals surface area (Å²) < 4.78 is 0. The first-order chi connectivity index (χ1) is 19.9. The Morgan fingerprint density at radius 2 is 0.786 bits per heavy atom. The van der Waals surface area contributed by atoms with Gasteiger partial charge in [0.15, 0.2) is 0 Å². The van der Waals surface area contributed by atoms with E-state index in [0.717, 1.165) is 0 Å². The highest BCUT2D eigenvalue weighted by molar-refractivity contribution is 6.13. The van der Waals surface area contributed by atoms with Gasteiger partial charge in [0.2, 0.25) is 0 Å². The Kier molecular flexibility index (Phi) is 8.09. The van der Waals surface area contributed by atoms with Crippen molar-refractivity contribution in [1.82, 2.24) is 0 Å². The van der Waals surface area contributed by atoms with Crippen LogP contribution in [0.2, 0.25) is 0 Å². The maximum atomic E-state index is 13.0. The van der Waals surface area contributed by atoms with E-state index in [4.69, 9.17) is 10.2 Å². The molecule has 0 fully saturated rings. The number of aromatic carboxylic acids is 4. The molecule has 4 aromatic rings. The van der Waals surface area contributed by atoms with Gasteiger partial charge >= 0.3 is 23.9 Å². The van der Waals surface area contributed by atoms with Gasteiger partial charge < -0.3 is 31.1 Å². The average molecular weight is 568 g/mol. The second-order valence-electron chi connectivity index (χ2n) is 8.80. The molecule has 0 atom stereocenters. The highest BCUT2D eigenvalue weighted by Gasteiger charge is 2.21. The predicted molar refractivity (Wildman–Crippen MR) is 149 cm³/mol. The van der Waals surface area contributed by atoms with E-state index in [2.05, 4.69) is 10.6 Å². The third-order valence-electron chi connectivity index (χ3n) is 6.10. The fraction of sp³-hybridized carbons (Fsp3) is 0. The number of nitrogens with one attached hydrogen (secondary N) is 2. The molecule has 0 unspecified atom stereocenters. The van der Waals surface area contributed by atoms with Crippen molar-refractivity contribution in [2.75, 3.05) is 10.6 Å². The van der Waals surface area contributed by atoms with E-state index in [1.165, 1.54) is 84.9 Å². The van der Waals surface area contributed by atoms with Gasteiger partial charge in [-0.3, -0.25) is 9.59 Å². The maximum absolute atomic E-state index is 13.0. The van der Waals surface area contributed by atoms with Crippen LogP contribution in [-0.2, 0) is 0 Å². The summed E-state index contributed by atoms with van der Waals surface area (Å²) in [7, 11) is 0. The highest BCUT2D eigenvalue weighted by Crippen LogP contribution is 2.27. The molecule has 4 aromatic carbocycles. The Labute approximate surface area is 236 Å². The van der Waals surface area contributed by atoms with Crippen molar-refractivity contribution in [1.29, 1.82) is 0 Å². The van der Waals surface area contributed by atoms with Crippen LogP contribution >= 0.6 is 0 Å². The summed E-state index contributed by atoms with van der Waals surface area (Å²) in [5, 5.41) is 42.5. The molecule has 0 radical (unpaired) electrons. The third-order valence-corrected chi connectivity index (χ3v) is 6.10. The molecule has 0 heterocycles. The maximum Gasteiger partial charge on any atom is 0.336 e. The molecule has 0 saturated carbocycles. The molecule has 0 aliphatic rings. The molecule has 0 saturated heterocycles. The first kappa shape index (κ1) is 28.7. The first-order valence-corrected chi connectivity index (χ1v) is 12.0. The quantitative estimate of drug-likeness (QED) is 0.165. The number of carboxylic acids is 4. The lowest BCUT2D eigenvalue weighted by atomic mass is 9.95. The Balaban J connectivity index is 1.65. The predicted octanol–water partition coefficient (Wildman–Crippen LogP) is 4.65. The Morgan fingerprint density at radius 1 is 0.405 bits per heavy atom. The second-order valence-corrected chi connectivity index (χ2v) is 8.80. The Hall–Kier alpha value is -6.30. The number of hydrogen-bond donors (Lipinski definition) is 6. The van der Waals surface area contributed by atoms with E-state index in [0.29, 0.717) is 0 Å². The van der Waals surface area contributed by atoms with Crippen LogP contribution in [0.25, 0.3) is 11.1 Å². The van der Waals surface area contributed by atoms with Gasteiger partial charge in [-0.2, -0.15) is 0 Å². The molecule has 12 heteroatoms. The first-order valence-electron chi connectivity index (χ1n) is 12.0. The summed E-state index contributed by atoms with van der Waals surface area (Å²) in [4.78, 5) is 71.8. The highest BCUT2D eigenvalue weighted by atomic mass is 16.4. The Bertz CT molecular complexity index is 1760. The number of benzene rings is 4. The molecule has 0 aliphatic heterocycles. The number of rotatable bonds is 9. The molecular formula is C30H20N2O10. The van der Waals surface area contributed by atoms with Gasteiger partial charge in [0, 0.05) is 11.4 Å². The van der Waals surface area contributed by atoms with Crippen LogP contribution in [0, 0.1) is 0 Å². The molecule has 0 spiro atoms. The van der Waals surface area contributed by atoms with Gasteiger partial charge in [-0.05, 0) is 83.9 Å². The van der Waals surface area contributed by atoms with Crippen molar-refractivity contribution < 1.29 is 49.2 Å². The average Bonchev–Trinajstić information content (AvgIpc) is 2.97. The third kappa shape index (κ3) is 6.29. The van der Waals surface area contributed by atoms with E-state index < -0.39 is 35.7 Å². The van der Waals surface area contributed by atoms with Gasteiger partial charge in [0.1, 0.15) is 0 Å². The molecule has 12 nitrogen and oxygen atoms in total. The standard InChI is InChI=1S/C30H20N2O10/c33-25(31-19-7-1-15(2-8-19)27(35)36)21-11-5-18(14-24(21)30(41)42)17-6-12-22(29(39)40)23(13-17)26(34)32-20-9-3-16(4-10-20)28(37)38/h1-14H,(H,31,33)(H,32,34)(H,35,36)(H,37,38)(H,39,40)(H,41,42).